The fraction of sp³-hybridized carbons (Fsp3) is 0.0580. The van der Waals surface area contributed by atoms with Crippen LogP contribution in [0.3, 0.4) is 0 Å². The van der Waals surface area contributed by atoms with Crippen LogP contribution in [0.2, 0.25) is 0 Å². The van der Waals surface area contributed by atoms with Gasteiger partial charge in [0.15, 0.2) is 5.70 Å². The molecule has 6 aromatic carbocycles. The van der Waals surface area contributed by atoms with Crippen molar-refractivity contribution >= 4 is 56.7 Å². The lowest BCUT2D eigenvalue weighted by Gasteiger charge is -2.26. The quantitative estimate of drug-likeness (QED) is 0.146. The van der Waals surface area contributed by atoms with Crippen LogP contribution in [0.5, 0.6) is 0 Å². The first-order chi connectivity index (χ1) is 38.7. The van der Waals surface area contributed by atoms with E-state index < -0.39 is 11.8 Å². The van der Waals surface area contributed by atoms with Gasteiger partial charge in [-0.05, 0) is 132 Å². The Labute approximate surface area is 457 Å². The van der Waals surface area contributed by atoms with Crippen LogP contribution in [0.4, 0.5) is 5.69 Å². The van der Waals surface area contributed by atoms with Crippen molar-refractivity contribution in [3.8, 4) is 23.3 Å². The van der Waals surface area contributed by atoms with Gasteiger partial charge in [-0.15, -0.1) is 0 Å². The van der Waals surface area contributed by atoms with E-state index in [1.165, 1.54) is 5.01 Å². The Balaban J connectivity index is 0.892. The summed E-state index contributed by atoms with van der Waals surface area (Å²) in [5.74, 6) is -0.864. The van der Waals surface area contributed by atoms with Crippen molar-refractivity contribution in [1.29, 1.82) is 10.5 Å². The first kappa shape index (κ1) is 47.9. The average molecular weight is 1020 g/mol. The second-order valence-corrected chi connectivity index (χ2v) is 20.0. The molecule has 2 N–H and O–H groups in total. The number of allylic oxidation sites excluding steroid dienone is 14. The maximum absolute atomic E-state index is 14.1. The molecule has 0 atom stereocenters. The van der Waals surface area contributed by atoms with E-state index in [0.29, 0.717) is 17.1 Å². The second-order valence-electron chi connectivity index (χ2n) is 20.0. The van der Waals surface area contributed by atoms with Gasteiger partial charge < -0.3 is 10.7 Å². The van der Waals surface area contributed by atoms with E-state index in [0.717, 1.165) is 118 Å². The molecular weight excluding hydrogens is 971 g/mol. The zero-order valence-electron chi connectivity index (χ0n) is 43.3. The molecule has 1 amide bonds. The summed E-state index contributed by atoms with van der Waals surface area (Å²) < 4.78 is 0. The van der Waals surface area contributed by atoms with Gasteiger partial charge in [0.1, 0.15) is 6.07 Å². The summed E-state index contributed by atoms with van der Waals surface area (Å²) in [6.07, 6.45) is 21.3. The molecule has 6 aliphatic heterocycles. The number of carbonyl (C=O) groups excluding carboxylic acids is 1. The number of amides is 1. The van der Waals surface area contributed by atoms with Crippen molar-refractivity contribution in [1.82, 2.24) is 10.4 Å². The molecule has 10 heteroatoms. The molecule has 0 aromatic heterocycles. The van der Waals surface area contributed by atoms with Gasteiger partial charge >= 0.3 is 0 Å². The number of hydrogen-bond donors (Lipinski definition) is 2. The van der Waals surface area contributed by atoms with E-state index in [2.05, 4.69) is 153 Å². The standard InChI is InChI=1S/C69H47N9O/c1-41-12-18-44(19-13-41)64-55-28-30-57(74-55)65(45-20-14-42(2)15-21-45)59-32-34-61(76-59)67(62-35-33-60(77-62)66(58-31-29-56(64)75-58)46-22-16-43(3)17-23-46)47-24-26-49(27-25-47)73-69(79)48-36-37-72-78(40-48)63(39-71)54(38-70)68-52-10-6-4-8-50(52)51-9-5-7-11-53(51)68/h4-37,40,68,72H,1-3H3,(H,73,79)/b63-54+,64-55?,64-56?,65-57?,65-59?,66-58?,66-60?,67-61?,67-62?. The highest BCUT2D eigenvalue weighted by Crippen LogP contribution is 2.49. The molecule has 0 fully saturated rings. The monoisotopic (exact) mass is 1020 g/mol. The summed E-state index contributed by atoms with van der Waals surface area (Å²) in [7, 11) is 0. The maximum atomic E-state index is 14.1. The van der Waals surface area contributed by atoms with Crippen molar-refractivity contribution in [3.63, 3.8) is 0 Å². The summed E-state index contributed by atoms with van der Waals surface area (Å²) in [5, 5.41) is 25.8. The smallest absolute Gasteiger partial charge is 0.257 e. The van der Waals surface area contributed by atoms with Gasteiger partial charge in [-0.1, -0.05) is 150 Å². The number of hydrogen-bond acceptors (Lipinski definition) is 9. The van der Waals surface area contributed by atoms with Gasteiger partial charge in [-0.2, -0.15) is 10.5 Å². The summed E-state index contributed by atoms with van der Waals surface area (Å²) >= 11 is 0. The van der Waals surface area contributed by atoms with Gasteiger partial charge in [-0.3, -0.25) is 9.80 Å². The average Bonchev–Trinajstić information content (AvgIpc) is 4.44. The van der Waals surface area contributed by atoms with Gasteiger partial charge in [0.2, 0.25) is 0 Å². The number of fused-ring (bicyclic) bond motifs is 7. The van der Waals surface area contributed by atoms with Crippen molar-refractivity contribution in [2.75, 3.05) is 5.32 Å². The number of nitrogens with zero attached hydrogens (tertiary/aromatic N) is 7. The molecule has 0 spiro atoms. The Morgan fingerprint density at radius 1 is 0.481 bits per heavy atom. The number of nitrogens with one attached hydrogen (secondary N) is 2. The fourth-order valence-corrected chi connectivity index (χ4v) is 11.0. The number of rotatable bonds is 8. The molecule has 0 saturated carbocycles. The van der Waals surface area contributed by atoms with E-state index in [9.17, 15) is 15.3 Å². The molecule has 374 valence electrons. The van der Waals surface area contributed by atoms with Crippen LogP contribution in [-0.2, 0) is 4.79 Å². The lowest BCUT2D eigenvalue weighted by Crippen LogP contribution is -2.33. The minimum atomic E-state index is -0.462. The molecule has 79 heavy (non-hydrogen) atoms. The van der Waals surface area contributed by atoms with Crippen LogP contribution in [0, 0.1) is 43.4 Å². The van der Waals surface area contributed by atoms with Crippen LogP contribution < -0.4 is 10.7 Å². The molecule has 6 heterocycles. The van der Waals surface area contributed by atoms with Crippen LogP contribution in [0.1, 0.15) is 56.0 Å². The molecule has 6 aromatic rings. The predicted octanol–water partition coefficient (Wildman–Crippen LogP) is 13.9. The normalized spacial score (nSPS) is 17.0. The molecule has 8 bridgehead atoms. The lowest BCUT2D eigenvalue weighted by atomic mass is 9.88. The Morgan fingerprint density at radius 2 is 0.861 bits per heavy atom. The Kier molecular flexibility index (Phi) is 11.9. The van der Waals surface area contributed by atoms with Crippen molar-refractivity contribution in [2.24, 2.45) is 20.0 Å². The summed E-state index contributed by atoms with van der Waals surface area (Å²) in [5.41, 5.74) is 25.1. The maximum Gasteiger partial charge on any atom is 0.257 e. The summed E-state index contributed by atoms with van der Waals surface area (Å²) in [6, 6.07) is 53.6. The number of benzene rings is 6. The molecule has 0 radical (unpaired) electrons. The SMILES string of the molecule is Cc1ccc(C2=C3C=CC(=N3)C(c3ccc(C)cc3)=C3C=CC(=N3)C(c3ccc(NC(=O)C4=CN(/C(C#N)=C(\C#N)C5c6ccccc6-c6ccccc65)NC=C4)cc3)=C3C=CC(=N3)C(c3ccc(C)cc3)=C3C=CC2=N3)cc1. The van der Waals surface area contributed by atoms with Gasteiger partial charge in [0.25, 0.3) is 5.91 Å². The van der Waals surface area contributed by atoms with Crippen LogP contribution in [0.15, 0.2) is 272 Å². The van der Waals surface area contributed by atoms with Gasteiger partial charge in [0, 0.05) is 46.3 Å². The number of aliphatic imine (C=N–C) groups is 4. The highest BCUT2D eigenvalue weighted by molar-refractivity contribution is 6.39. The third-order valence-corrected chi connectivity index (χ3v) is 14.9. The van der Waals surface area contributed by atoms with E-state index in [1.54, 1.807) is 18.5 Å². The molecule has 1 aliphatic carbocycles. The Bertz CT molecular complexity index is 4170. The summed E-state index contributed by atoms with van der Waals surface area (Å²) in [6.45, 7) is 6.25. The second kappa shape index (κ2) is 19.7. The zero-order chi connectivity index (χ0) is 53.7. The minimum absolute atomic E-state index is 0.0855. The van der Waals surface area contributed by atoms with Gasteiger partial charge in [-0.25, -0.2) is 20.0 Å². The van der Waals surface area contributed by atoms with E-state index in [4.69, 9.17) is 20.0 Å². The predicted molar refractivity (Wildman–Crippen MR) is 317 cm³/mol. The lowest BCUT2D eigenvalue weighted by molar-refractivity contribution is -0.112. The fourth-order valence-electron chi connectivity index (χ4n) is 11.0. The van der Waals surface area contributed by atoms with Crippen molar-refractivity contribution < 1.29 is 4.79 Å². The van der Waals surface area contributed by atoms with E-state index in [-0.39, 0.29) is 16.8 Å². The molecule has 10 nitrogen and oxygen atoms in total. The van der Waals surface area contributed by atoms with Crippen LogP contribution in [-0.4, -0.2) is 33.8 Å². The minimum Gasteiger partial charge on any atom is -0.322 e. The van der Waals surface area contributed by atoms with E-state index in [1.807, 2.05) is 84.9 Å². The van der Waals surface area contributed by atoms with Crippen LogP contribution >= 0.6 is 0 Å². The third-order valence-electron chi connectivity index (χ3n) is 14.9. The molecule has 0 unspecified atom stereocenters. The highest BCUT2D eigenvalue weighted by atomic mass is 16.1. The number of carbonyl (C=O) groups is 1. The van der Waals surface area contributed by atoms with Crippen LogP contribution in [0.25, 0.3) is 33.4 Å². The number of aryl methyl sites for hydroxylation is 3. The summed E-state index contributed by atoms with van der Waals surface area (Å²) in [4.78, 5) is 35.8. The number of anilines is 1. The Morgan fingerprint density at radius 3 is 1.24 bits per heavy atom. The molecule has 0 saturated heterocycles. The Hall–Kier alpha value is -10.8. The first-order valence-corrected chi connectivity index (χ1v) is 26.0. The molecular formula is C69H47N9O. The first-order valence-electron chi connectivity index (χ1n) is 26.0. The molecule has 13 rings (SSSR count). The number of nitriles is 2. The van der Waals surface area contributed by atoms with Crippen molar-refractivity contribution in [3.05, 3.63) is 302 Å². The highest BCUT2D eigenvalue weighted by Gasteiger charge is 2.35. The number of hydrazine groups is 1. The molecule has 7 aliphatic rings. The van der Waals surface area contributed by atoms with Crippen molar-refractivity contribution in [2.45, 2.75) is 26.7 Å². The van der Waals surface area contributed by atoms with Gasteiger partial charge in [0.05, 0.1) is 62.9 Å². The largest absolute Gasteiger partial charge is 0.322 e. The zero-order valence-corrected chi connectivity index (χ0v) is 43.3. The topological polar surface area (TPSA) is 141 Å². The van der Waals surface area contributed by atoms with E-state index >= 15 is 0 Å². The third kappa shape index (κ3) is 8.70.